The molecule has 1 unspecified atom stereocenters. The van der Waals surface area contributed by atoms with E-state index >= 15 is 0 Å². The molecule has 1 atom stereocenters. The molecule has 1 aliphatic rings. The summed E-state index contributed by atoms with van der Waals surface area (Å²) in [5, 5.41) is 12.8. The summed E-state index contributed by atoms with van der Waals surface area (Å²) in [4.78, 5) is 0. The summed E-state index contributed by atoms with van der Waals surface area (Å²) in [5.74, 6) is -1.65. The molecule has 2 nitrogen and oxygen atoms in total. The molecular weight excluding hydrogens is 292 g/mol. The summed E-state index contributed by atoms with van der Waals surface area (Å²) in [6.07, 6.45) is 2.37. The van der Waals surface area contributed by atoms with E-state index in [0.717, 1.165) is 32.0 Å². The number of benzene rings is 1. The fourth-order valence-electron chi connectivity index (χ4n) is 2.21. The molecule has 2 rings (SSSR count). The Labute approximate surface area is 107 Å². The fraction of sp³-hybridized carbons (Fsp3) is 0.500. The van der Waals surface area contributed by atoms with Gasteiger partial charge in [-0.25, -0.2) is 8.78 Å². The van der Waals surface area contributed by atoms with E-state index in [0.29, 0.717) is 6.42 Å². The minimum Gasteiger partial charge on any atom is -0.505 e. The van der Waals surface area contributed by atoms with Gasteiger partial charge in [0.05, 0.1) is 4.47 Å². The highest BCUT2D eigenvalue weighted by atomic mass is 79.9. The van der Waals surface area contributed by atoms with E-state index in [-0.39, 0.29) is 16.0 Å². The molecule has 2 N–H and O–H groups in total. The second kappa shape index (κ2) is 5.31. The molecule has 1 aliphatic heterocycles. The quantitative estimate of drug-likeness (QED) is 0.823. The highest BCUT2D eigenvalue weighted by Crippen LogP contribution is 2.32. The van der Waals surface area contributed by atoms with Gasteiger partial charge in [-0.05, 0) is 60.3 Å². The molecule has 0 radical (unpaired) electrons. The number of hydrogen-bond acceptors (Lipinski definition) is 2. The summed E-state index contributed by atoms with van der Waals surface area (Å²) in [6, 6.07) is 0.952. The summed E-state index contributed by atoms with van der Waals surface area (Å²) in [5.41, 5.74) is 0.0746. The van der Waals surface area contributed by atoms with Gasteiger partial charge in [0.25, 0.3) is 0 Å². The van der Waals surface area contributed by atoms with Crippen molar-refractivity contribution < 1.29 is 13.9 Å². The van der Waals surface area contributed by atoms with E-state index in [4.69, 9.17) is 0 Å². The van der Waals surface area contributed by atoms with Crippen molar-refractivity contribution in [2.75, 3.05) is 13.1 Å². The maximum absolute atomic E-state index is 13.8. The molecular formula is C12H14BrF2NO. The Balaban J connectivity index is 2.24. The van der Waals surface area contributed by atoms with Crippen molar-refractivity contribution in [3.63, 3.8) is 0 Å². The van der Waals surface area contributed by atoms with Crippen LogP contribution in [0.1, 0.15) is 18.4 Å². The van der Waals surface area contributed by atoms with E-state index in [1.54, 1.807) is 0 Å². The first kappa shape index (κ1) is 12.8. The third-order valence-corrected chi connectivity index (χ3v) is 3.71. The van der Waals surface area contributed by atoms with Crippen LogP contribution in [0, 0.1) is 17.6 Å². The Kier molecular flexibility index (Phi) is 3.99. The van der Waals surface area contributed by atoms with Crippen LogP contribution in [-0.4, -0.2) is 18.2 Å². The van der Waals surface area contributed by atoms with E-state index < -0.39 is 17.4 Å². The molecule has 1 saturated heterocycles. The zero-order chi connectivity index (χ0) is 12.4. The number of phenols is 1. The van der Waals surface area contributed by atoms with Crippen molar-refractivity contribution in [3.05, 3.63) is 27.7 Å². The van der Waals surface area contributed by atoms with Crippen LogP contribution in [0.25, 0.3) is 0 Å². The Morgan fingerprint density at radius 3 is 2.88 bits per heavy atom. The van der Waals surface area contributed by atoms with Crippen molar-refractivity contribution in [1.82, 2.24) is 5.32 Å². The van der Waals surface area contributed by atoms with Gasteiger partial charge < -0.3 is 10.4 Å². The number of nitrogens with one attached hydrogen (secondary N) is 1. The number of hydrogen-bond donors (Lipinski definition) is 2. The molecule has 1 aromatic carbocycles. The van der Waals surface area contributed by atoms with Gasteiger partial charge in [0.2, 0.25) is 0 Å². The first-order valence-electron chi connectivity index (χ1n) is 5.65. The van der Waals surface area contributed by atoms with Gasteiger partial charge in [-0.1, -0.05) is 0 Å². The van der Waals surface area contributed by atoms with Crippen molar-refractivity contribution in [2.45, 2.75) is 19.3 Å². The zero-order valence-corrected chi connectivity index (χ0v) is 10.9. The smallest absolute Gasteiger partial charge is 0.166 e. The van der Waals surface area contributed by atoms with E-state index in [2.05, 4.69) is 21.2 Å². The highest BCUT2D eigenvalue weighted by molar-refractivity contribution is 9.10. The van der Waals surface area contributed by atoms with Gasteiger partial charge in [-0.15, -0.1) is 0 Å². The Bertz CT molecular complexity index is 393. The molecule has 0 saturated carbocycles. The third-order valence-electron chi connectivity index (χ3n) is 3.13. The first-order valence-corrected chi connectivity index (χ1v) is 6.45. The van der Waals surface area contributed by atoms with Crippen LogP contribution in [-0.2, 0) is 6.42 Å². The van der Waals surface area contributed by atoms with Crippen molar-refractivity contribution in [3.8, 4) is 5.75 Å². The number of piperidine rings is 1. The topological polar surface area (TPSA) is 32.3 Å². The number of phenolic OH excluding ortho intramolecular Hbond substituents is 1. The fourth-order valence-corrected chi connectivity index (χ4v) is 2.65. The number of rotatable bonds is 2. The lowest BCUT2D eigenvalue weighted by molar-refractivity contribution is 0.358. The summed E-state index contributed by atoms with van der Waals surface area (Å²) >= 11 is 2.95. The van der Waals surface area contributed by atoms with Gasteiger partial charge in [0.1, 0.15) is 5.82 Å². The SMILES string of the molecule is Oc1c(F)cc(Br)c(F)c1CC1CCCNC1. The predicted octanol–water partition coefficient (Wildman–Crippen LogP) is 2.98. The van der Waals surface area contributed by atoms with Gasteiger partial charge in [-0.3, -0.25) is 0 Å². The Morgan fingerprint density at radius 1 is 1.47 bits per heavy atom. The van der Waals surface area contributed by atoms with E-state index in [1.807, 2.05) is 0 Å². The highest BCUT2D eigenvalue weighted by Gasteiger charge is 2.21. The van der Waals surface area contributed by atoms with Gasteiger partial charge in [0.15, 0.2) is 11.6 Å². The second-order valence-electron chi connectivity index (χ2n) is 4.40. The average Bonchev–Trinajstić information content (AvgIpc) is 2.33. The van der Waals surface area contributed by atoms with E-state index in [1.165, 1.54) is 0 Å². The normalized spacial score (nSPS) is 20.5. The zero-order valence-electron chi connectivity index (χ0n) is 9.27. The standard InChI is InChI=1S/C12H14BrF2NO/c13-9-5-10(14)12(17)8(11(9)15)4-7-2-1-3-16-6-7/h5,7,16-17H,1-4,6H2. The van der Waals surface area contributed by atoms with Gasteiger partial charge >= 0.3 is 0 Å². The van der Waals surface area contributed by atoms with Crippen molar-refractivity contribution in [2.24, 2.45) is 5.92 Å². The molecule has 0 spiro atoms. The first-order chi connectivity index (χ1) is 8.09. The van der Waals surface area contributed by atoms with Gasteiger partial charge in [-0.2, -0.15) is 0 Å². The maximum atomic E-state index is 13.8. The third kappa shape index (κ3) is 2.77. The minimum atomic E-state index is -0.781. The van der Waals surface area contributed by atoms with Crippen LogP contribution in [0.5, 0.6) is 5.75 Å². The molecule has 1 fully saturated rings. The number of halogens is 3. The van der Waals surface area contributed by atoms with Gasteiger partial charge in [0, 0.05) is 5.56 Å². The Hall–Kier alpha value is -0.680. The lowest BCUT2D eigenvalue weighted by atomic mass is 9.91. The predicted molar refractivity (Wildman–Crippen MR) is 65.0 cm³/mol. The molecule has 0 aromatic heterocycles. The Morgan fingerprint density at radius 2 is 2.24 bits per heavy atom. The van der Waals surface area contributed by atoms with Crippen LogP contribution in [0.15, 0.2) is 10.5 Å². The number of aromatic hydroxyl groups is 1. The maximum Gasteiger partial charge on any atom is 0.166 e. The van der Waals surface area contributed by atoms with Crippen LogP contribution < -0.4 is 5.32 Å². The lowest BCUT2D eigenvalue weighted by Gasteiger charge is -2.23. The van der Waals surface area contributed by atoms with Crippen LogP contribution in [0.4, 0.5) is 8.78 Å². The lowest BCUT2D eigenvalue weighted by Crippen LogP contribution is -2.31. The van der Waals surface area contributed by atoms with Crippen LogP contribution >= 0.6 is 15.9 Å². The van der Waals surface area contributed by atoms with E-state index in [9.17, 15) is 13.9 Å². The largest absolute Gasteiger partial charge is 0.505 e. The summed E-state index contributed by atoms with van der Waals surface area (Å²) in [6.45, 7) is 1.75. The molecule has 1 heterocycles. The summed E-state index contributed by atoms with van der Waals surface area (Å²) < 4.78 is 27.2. The molecule has 1 aromatic rings. The van der Waals surface area contributed by atoms with Crippen LogP contribution in [0.2, 0.25) is 0 Å². The molecule has 0 bridgehead atoms. The van der Waals surface area contributed by atoms with Crippen molar-refractivity contribution >= 4 is 15.9 Å². The molecule has 0 amide bonds. The molecule has 94 valence electrons. The summed E-state index contributed by atoms with van der Waals surface area (Å²) in [7, 11) is 0. The molecule has 5 heteroatoms. The minimum absolute atomic E-state index is 0.0616. The second-order valence-corrected chi connectivity index (χ2v) is 5.25. The monoisotopic (exact) mass is 305 g/mol. The molecule has 0 aliphatic carbocycles. The molecule has 17 heavy (non-hydrogen) atoms. The average molecular weight is 306 g/mol. The van der Waals surface area contributed by atoms with Crippen LogP contribution in [0.3, 0.4) is 0 Å². The van der Waals surface area contributed by atoms with Crippen molar-refractivity contribution in [1.29, 1.82) is 0 Å².